The Morgan fingerprint density at radius 2 is 2.19 bits per heavy atom. The van der Waals surface area contributed by atoms with Crippen molar-refractivity contribution in [2.45, 2.75) is 31.8 Å². The van der Waals surface area contributed by atoms with Crippen LogP contribution in [0.1, 0.15) is 41.9 Å². The molecule has 6 nitrogen and oxygen atoms in total. The van der Waals surface area contributed by atoms with E-state index in [0.717, 1.165) is 6.42 Å². The molecule has 3 rings (SSSR count). The highest BCUT2D eigenvalue weighted by Gasteiger charge is 2.36. The topological polar surface area (TPSA) is 71.8 Å². The number of nitrogens with one attached hydrogen (secondary N) is 1. The lowest BCUT2D eigenvalue weighted by atomic mass is 10.1. The number of ether oxygens (including phenoxy) is 1. The lowest BCUT2D eigenvalue weighted by Crippen LogP contribution is -2.46. The molecule has 1 saturated heterocycles. The minimum atomic E-state index is -0.524. The molecule has 0 unspecified atom stereocenters. The zero-order valence-corrected chi connectivity index (χ0v) is 15.5. The number of methoxy groups -OCH3 is 1. The average Bonchev–Trinajstić information content (AvgIpc) is 3.32. The van der Waals surface area contributed by atoms with Crippen LogP contribution in [0.2, 0.25) is 5.02 Å². The van der Waals surface area contributed by atoms with Gasteiger partial charge in [-0.15, -0.1) is 0 Å². The maximum atomic E-state index is 13.0. The first-order valence-corrected chi connectivity index (χ1v) is 8.87. The predicted octanol–water partition coefficient (Wildman–Crippen LogP) is 3.42. The van der Waals surface area contributed by atoms with Crippen LogP contribution in [0.15, 0.2) is 41.0 Å². The highest BCUT2D eigenvalue weighted by Crippen LogP contribution is 2.28. The molecule has 2 aromatic rings. The van der Waals surface area contributed by atoms with E-state index < -0.39 is 6.04 Å². The van der Waals surface area contributed by atoms with Crippen LogP contribution in [0.25, 0.3) is 0 Å². The van der Waals surface area contributed by atoms with Crippen LogP contribution in [-0.2, 0) is 4.79 Å². The lowest BCUT2D eigenvalue weighted by molar-refractivity contribution is -0.125. The fraction of sp³-hybridized carbons (Fsp3) is 0.368. The van der Waals surface area contributed by atoms with Crippen molar-refractivity contribution in [3.63, 3.8) is 0 Å². The van der Waals surface area contributed by atoms with Gasteiger partial charge in [0.25, 0.3) is 5.91 Å². The summed E-state index contributed by atoms with van der Waals surface area (Å²) in [7, 11) is 1.50. The first kappa shape index (κ1) is 18.3. The highest BCUT2D eigenvalue weighted by molar-refractivity contribution is 6.31. The molecule has 0 spiro atoms. The van der Waals surface area contributed by atoms with Crippen LogP contribution in [0, 0.1) is 0 Å². The summed E-state index contributed by atoms with van der Waals surface area (Å²) in [4.78, 5) is 27.3. The summed E-state index contributed by atoms with van der Waals surface area (Å²) >= 11 is 6.03. The number of carbonyl (C=O) groups excluding carboxylic acids is 2. The maximum absolute atomic E-state index is 13.0. The normalized spacial score (nSPS) is 17.8. The van der Waals surface area contributed by atoms with E-state index in [1.54, 1.807) is 41.5 Å². The van der Waals surface area contributed by atoms with Crippen molar-refractivity contribution in [3.8, 4) is 5.75 Å². The van der Waals surface area contributed by atoms with Gasteiger partial charge in [-0.1, -0.05) is 11.6 Å². The Balaban J connectivity index is 1.76. The molecule has 2 atom stereocenters. The van der Waals surface area contributed by atoms with Gasteiger partial charge in [0.15, 0.2) is 0 Å². The van der Waals surface area contributed by atoms with Gasteiger partial charge in [0.2, 0.25) is 5.91 Å². The lowest BCUT2D eigenvalue weighted by Gasteiger charge is -2.26. The van der Waals surface area contributed by atoms with Crippen LogP contribution < -0.4 is 10.1 Å². The van der Waals surface area contributed by atoms with Crippen LogP contribution >= 0.6 is 11.6 Å². The van der Waals surface area contributed by atoms with Gasteiger partial charge in [0, 0.05) is 11.6 Å². The number of carbonyl (C=O) groups is 2. The van der Waals surface area contributed by atoms with E-state index in [-0.39, 0.29) is 17.9 Å². The van der Waals surface area contributed by atoms with E-state index in [0.29, 0.717) is 35.1 Å². The fourth-order valence-corrected chi connectivity index (χ4v) is 3.37. The number of hydrogen-bond acceptors (Lipinski definition) is 4. The minimum absolute atomic E-state index is 0.194. The van der Waals surface area contributed by atoms with Crippen molar-refractivity contribution < 1.29 is 18.7 Å². The minimum Gasteiger partial charge on any atom is -0.496 e. The average molecular weight is 377 g/mol. The Morgan fingerprint density at radius 3 is 2.88 bits per heavy atom. The Hall–Kier alpha value is -2.47. The van der Waals surface area contributed by atoms with Crippen molar-refractivity contribution in [2.24, 2.45) is 0 Å². The smallest absolute Gasteiger partial charge is 0.258 e. The van der Waals surface area contributed by atoms with Gasteiger partial charge in [0.1, 0.15) is 17.6 Å². The third kappa shape index (κ3) is 3.70. The van der Waals surface area contributed by atoms with Gasteiger partial charge in [-0.05, 0) is 50.1 Å². The van der Waals surface area contributed by atoms with Crippen molar-refractivity contribution in [1.29, 1.82) is 0 Å². The molecule has 1 aromatic heterocycles. The van der Waals surface area contributed by atoms with E-state index >= 15 is 0 Å². The van der Waals surface area contributed by atoms with Crippen molar-refractivity contribution in [1.82, 2.24) is 10.2 Å². The molecule has 2 amide bonds. The number of halogens is 1. The van der Waals surface area contributed by atoms with E-state index in [4.69, 9.17) is 20.8 Å². The Morgan fingerprint density at radius 1 is 1.38 bits per heavy atom. The van der Waals surface area contributed by atoms with Crippen molar-refractivity contribution in [2.75, 3.05) is 13.7 Å². The summed E-state index contributed by atoms with van der Waals surface area (Å²) in [6, 6.07) is 7.67. The molecule has 7 heteroatoms. The summed E-state index contributed by atoms with van der Waals surface area (Å²) in [5, 5.41) is 3.36. The maximum Gasteiger partial charge on any atom is 0.258 e. The first-order chi connectivity index (χ1) is 12.5. The molecule has 1 aliphatic rings. The number of hydrogen-bond donors (Lipinski definition) is 1. The van der Waals surface area contributed by atoms with E-state index in [1.165, 1.54) is 7.11 Å². The molecule has 1 N–H and O–H groups in total. The molecule has 1 fully saturated rings. The number of amides is 2. The Bertz CT molecular complexity index is 791. The van der Waals surface area contributed by atoms with Gasteiger partial charge in [-0.2, -0.15) is 0 Å². The summed E-state index contributed by atoms with van der Waals surface area (Å²) < 4.78 is 10.6. The van der Waals surface area contributed by atoms with Gasteiger partial charge < -0.3 is 19.4 Å². The van der Waals surface area contributed by atoms with Gasteiger partial charge in [0.05, 0.1) is 25.0 Å². The molecule has 1 aliphatic heterocycles. The van der Waals surface area contributed by atoms with Gasteiger partial charge in [-0.3, -0.25) is 9.59 Å². The quantitative estimate of drug-likeness (QED) is 0.867. The van der Waals surface area contributed by atoms with E-state index in [2.05, 4.69) is 5.32 Å². The number of furan rings is 1. The number of nitrogens with zero attached hydrogens (tertiary/aromatic N) is 1. The van der Waals surface area contributed by atoms with Crippen LogP contribution in [0.3, 0.4) is 0 Å². The van der Waals surface area contributed by atoms with Gasteiger partial charge in [-0.25, -0.2) is 0 Å². The van der Waals surface area contributed by atoms with Crippen molar-refractivity contribution >= 4 is 23.4 Å². The van der Waals surface area contributed by atoms with E-state index in [9.17, 15) is 9.59 Å². The van der Waals surface area contributed by atoms with Crippen molar-refractivity contribution in [3.05, 3.63) is 52.9 Å². The Labute approximate surface area is 157 Å². The second-order valence-corrected chi connectivity index (χ2v) is 6.68. The molecule has 0 radical (unpaired) electrons. The molecule has 0 saturated carbocycles. The van der Waals surface area contributed by atoms with E-state index in [1.807, 2.05) is 6.92 Å². The number of benzene rings is 1. The van der Waals surface area contributed by atoms with Crippen LogP contribution in [0.4, 0.5) is 0 Å². The monoisotopic (exact) mass is 376 g/mol. The second-order valence-electron chi connectivity index (χ2n) is 6.25. The number of rotatable bonds is 5. The summed E-state index contributed by atoms with van der Waals surface area (Å²) in [5.41, 5.74) is 0.360. The van der Waals surface area contributed by atoms with Crippen LogP contribution in [0.5, 0.6) is 5.75 Å². The zero-order chi connectivity index (χ0) is 18.7. The molecule has 0 aliphatic carbocycles. The third-order valence-electron chi connectivity index (χ3n) is 4.54. The first-order valence-electron chi connectivity index (χ1n) is 8.49. The molecule has 1 aromatic carbocycles. The molecular formula is C19H21ClN2O4. The fourth-order valence-electron chi connectivity index (χ4n) is 3.20. The third-order valence-corrected chi connectivity index (χ3v) is 4.77. The molecule has 0 bridgehead atoms. The van der Waals surface area contributed by atoms with Crippen LogP contribution in [-0.4, -0.2) is 36.4 Å². The SMILES string of the molecule is COc1ccc(Cl)cc1C(=O)N1CCC[C@@H]1C(=O)N[C@@H](C)c1ccco1. The summed E-state index contributed by atoms with van der Waals surface area (Å²) in [6.07, 6.45) is 2.95. The standard InChI is InChI=1S/C19H21ClN2O4/c1-12(16-6-4-10-26-16)21-18(23)15-5-3-9-22(15)19(24)14-11-13(20)7-8-17(14)25-2/h4,6-8,10-12,15H,3,5,9H2,1-2H3,(H,21,23)/t12-,15+/m0/s1. The largest absolute Gasteiger partial charge is 0.496 e. The van der Waals surface area contributed by atoms with Gasteiger partial charge >= 0.3 is 0 Å². The molecule has 138 valence electrons. The predicted molar refractivity (Wildman–Crippen MR) is 97.3 cm³/mol. The summed E-state index contributed by atoms with van der Waals surface area (Å²) in [5.74, 6) is 0.661. The molecule has 26 heavy (non-hydrogen) atoms. The molecule has 2 heterocycles. The summed E-state index contributed by atoms with van der Waals surface area (Å²) in [6.45, 7) is 2.36. The second kappa shape index (κ2) is 7.83. The zero-order valence-electron chi connectivity index (χ0n) is 14.7. The molecular weight excluding hydrogens is 356 g/mol. The Kier molecular flexibility index (Phi) is 5.52. The number of likely N-dealkylation sites (tertiary alicyclic amines) is 1. The highest BCUT2D eigenvalue weighted by atomic mass is 35.5.